The van der Waals surface area contributed by atoms with Crippen LogP contribution in [0.2, 0.25) is 0 Å². The van der Waals surface area contributed by atoms with Crippen molar-refractivity contribution in [1.29, 1.82) is 5.26 Å². The van der Waals surface area contributed by atoms with Crippen LogP contribution in [0.3, 0.4) is 0 Å². The van der Waals surface area contributed by atoms with Gasteiger partial charge in [0.2, 0.25) is 0 Å². The fourth-order valence-corrected chi connectivity index (χ4v) is 7.56. The van der Waals surface area contributed by atoms with E-state index in [1.807, 2.05) is 18.2 Å². The van der Waals surface area contributed by atoms with Crippen molar-refractivity contribution in [3.8, 4) is 28.6 Å². The normalized spacial score (nSPS) is 11.8. The van der Waals surface area contributed by atoms with Crippen molar-refractivity contribution in [1.82, 2.24) is 9.13 Å². The van der Waals surface area contributed by atoms with Gasteiger partial charge < -0.3 is 13.6 Å². The van der Waals surface area contributed by atoms with Crippen LogP contribution in [0.4, 0.5) is 0 Å². The first kappa shape index (κ1) is 25.7. The molecule has 7 aromatic carbocycles. The van der Waals surface area contributed by atoms with E-state index in [4.69, 9.17) is 4.42 Å². The first-order chi connectivity index (χ1) is 23.3. The molecule has 0 aliphatic rings. The van der Waals surface area contributed by atoms with Gasteiger partial charge in [0.15, 0.2) is 0 Å². The Morgan fingerprint density at radius 1 is 0.426 bits per heavy atom. The van der Waals surface area contributed by atoms with E-state index in [0.717, 1.165) is 49.9 Å². The fourth-order valence-electron chi connectivity index (χ4n) is 7.56. The lowest BCUT2D eigenvalue weighted by Crippen LogP contribution is -1.98. The second-order valence-corrected chi connectivity index (χ2v) is 12.0. The van der Waals surface area contributed by atoms with Crippen LogP contribution in [0.5, 0.6) is 0 Å². The van der Waals surface area contributed by atoms with E-state index in [-0.39, 0.29) is 0 Å². The van der Waals surface area contributed by atoms with Crippen LogP contribution in [0.15, 0.2) is 156 Å². The molecule has 10 aromatic rings. The standard InChI is InChI=1S/C43H25N3O/c44-26-27-20-22-40-36(24-27)37-25-29(21-23-41(37)47-40)46-39-19-7-5-13-31(39)33-15-9-17-35(43(33)46)34-16-8-14-32-30-12-4-6-18-38(30)45(42(32)34)28-10-2-1-3-11-28/h1-25H. The monoisotopic (exact) mass is 599 g/mol. The molecule has 3 aromatic heterocycles. The third-order valence-corrected chi connectivity index (χ3v) is 9.53. The third-order valence-electron chi connectivity index (χ3n) is 9.53. The predicted molar refractivity (Wildman–Crippen MR) is 193 cm³/mol. The molecule has 0 amide bonds. The quantitative estimate of drug-likeness (QED) is 0.203. The van der Waals surface area contributed by atoms with Gasteiger partial charge in [0, 0.05) is 54.8 Å². The van der Waals surface area contributed by atoms with Crippen molar-refractivity contribution < 1.29 is 4.42 Å². The molecule has 0 spiro atoms. The van der Waals surface area contributed by atoms with E-state index in [1.165, 1.54) is 38.1 Å². The highest BCUT2D eigenvalue weighted by Crippen LogP contribution is 2.43. The SMILES string of the molecule is N#Cc1ccc2oc3ccc(-n4c5ccccc5c5cccc(-c6cccc7c8ccccc8n(-c8ccccc8)c67)c54)cc3c2c1. The topological polar surface area (TPSA) is 46.8 Å². The van der Waals surface area contributed by atoms with Gasteiger partial charge >= 0.3 is 0 Å². The van der Waals surface area contributed by atoms with Crippen molar-refractivity contribution in [3.63, 3.8) is 0 Å². The Balaban J connectivity index is 1.34. The maximum absolute atomic E-state index is 9.61. The van der Waals surface area contributed by atoms with Gasteiger partial charge in [0.1, 0.15) is 11.2 Å². The van der Waals surface area contributed by atoms with E-state index in [0.29, 0.717) is 5.56 Å². The summed E-state index contributed by atoms with van der Waals surface area (Å²) in [6.07, 6.45) is 0. The molecule has 4 heteroatoms. The number of nitrogens with zero attached hydrogens (tertiary/aromatic N) is 3. The molecular formula is C43H25N3O. The van der Waals surface area contributed by atoms with Crippen molar-refractivity contribution >= 4 is 65.6 Å². The summed E-state index contributed by atoms with van der Waals surface area (Å²) in [7, 11) is 0. The number of hydrogen-bond acceptors (Lipinski definition) is 2. The Bertz CT molecular complexity index is 2910. The largest absolute Gasteiger partial charge is 0.456 e. The molecule has 218 valence electrons. The summed E-state index contributed by atoms with van der Waals surface area (Å²) >= 11 is 0. The fraction of sp³-hybridized carbons (Fsp3) is 0. The summed E-state index contributed by atoms with van der Waals surface area (Å²) in [5.41, 5.74) is 11.4. The van der Waals surface area contributed by atoms with Crippen molar-refractivity contribution in [3.05, 3.63) is 157 Å². The minimum Gasteiger partial charge on any atom is -0.456 e. The van der Waals surface area contributed by atoms with E-state index < -0.39 is 0 Å². The molecular weight excluding hydrogens is 574 g/mol. The number of aromatic nitrogens is 2. The van der Waals surface area contributed by atoms with E-state index in [1.54, 1.807) is 6.07 Å². The van der Waals surface area contributed by atoms with Crippen molar-refractivity contribution in [2.75, 3.05) is 0 Å². The first-order valence-electron chi connectivity index (χ1n) is 15.8. The molecule has 0 bridgehead atoms. The zero-order valence-electron chi connectivity index (χ0n) is 25.2. The van der Waals surface area contributed by atoms with Crippen LogP contribution in [-0.4, -0.2) is 9.13 Å². The van der Waals surface area contributed by atoms with Crippen LogP contribution in [0.1, 0.15) is 5.56 Å². The second-order valence-electron chi connectivity index (χ2n) is 12.0. The first-order valence-corrected chi connectivity index (χ1v) is 15.8. The number of para-hydroxylation sites is 5. The highest BCUT2D eigenvalue weighted by atomic mass is 16.3. The Kier molecular flexibility index (Phi) is 5.32. The summed E-state index contributed by atoms with van der Waals surface area (Å²) in [6.45, 7) is 0. The molecule has 0 saturated heterocycles. The molecule has 0 radical (unpaired) electrons. The number of hydrogen-bond donors (Lipinski definition) is 0. The number of rotatable bonds is 3. The Morgan fingerprint density at radius 3 is 1.60 bits per heavy atom. The molecule has 4 nitrogen and oxygen atoms in total. The Labute approximate surface area is 269 Å². The molecule has 3 heterocycles. The summed E-state index contributed by atoms with van der Waals surface area (Å²) in [4.78, 5) is 0. The van der Waals surface area contributed by atoms with Gasteiger partial charge in [-0.05, 0) is 60.7 Å². The molecule has 0 fully saturated rings. The summed E-state index contributed by atoms with van der Waals surface area (Å²) in [5.74, 6) is 0. The smallest absolute Gasteiger partial charge is 0.135 e. The van der Waals surface area contributed by atoms with E-state index in [9.17, 15) is 5.26 Å². The van der Waals surface area contributed by atoms with Crippen molar-refractivity contribution in [2.24, 2.45) is 0 Å². The molecule has 0 N–H and O–H groups in total. The molecule has 0 aliphatic carbocycles. The second kappa shape index (κ2) is 9.71. The minimum atomic E-state index is 0.617. The van der Waals surface area contributed by atoms with Crippen LogP contribution >= 0.6 is 0 Å². The summed E-state index contributed by atoms with van der Waals surface area (Å²) in [5, 5.41) is 16.4. The molecule has 47 heavy (non-hydrogen) atoms. The number of fused-ring (bicyclic) bond motifs is 9. The molecule has 0 saturated carbocycles. The average molecular weight is 600 g/mol. The Hall–Kier alpha value is -6.57. The zero-order chi connectivity index (χ0) is 31.1. The van der Waals surface area contributed by atoms with Gasteiger partial charge in [-0.1, -0.05) is 91.0 Å². The van der Waals surface area contributed by atoms with Gasteiger partial charge in [0.05, 0.1) is 33.7 Å². The van der Waals surface area contributed by atoms with Gasteiger partial charge in [-0.3, -0.25) is 0 Å². The lowest BCUT2D eigenvalue weighted by Gasteiger charge is -2.15. The van der Waals surface area contributed by atoms with Gasteiger partial charge in [-0.25, -0.2) is 0 Å². The van der Waals surface area contributed by atoms with Crippen LogP contribution in [-0.2, 0) is 0 Å². The number of benzene rings is 7. The summed E-state index contributed by atoms with van der Waals surface area (Å²) < 4.78 is 11.0. The molecule has 0 atom stereocenters. The van der Waals surface area contributed by atoms with Crippen LogP contribution in [0, 0.1) is 11.3 Å². The van der Waals surface area contributed by atoms with Crippen molar-refractivity contribution in [2.45, 2.75) is 0 Å². The molecule has 10 rings (SSSR count). The lowest BCUT2D eigenvalue weighted by atomic mass is 9.99. The number of furan rings is 1. The van der Waals surface area contributed by atoms with Gasteiger partial charge in [-0.2, -0.15) is 5.26 Å². The zero-order valence-corrected chi connectivity index (χ0v) is 25.2. The van der Waals surface area contributed by atoms with E-state index >= 15 is 0 Å². The molecule has 0 unspecified atom stereocenters. The lowest BCUT2D eigenvalue weighted by molar-refractivity contribution is 0.669. The minimum absolute atomic E-state index is 0.617. The summed E-state index contributed by atoms with van der Waals surface area (Å²) in [6, 6.07) is 55.6. The Morgan fingerprint density at radius 2 is 0.957 bits per heavy atom. The average Bonchev–Trinajstić information content (AvgIpc) is 3.79. The highest BCUT2D eigenvalue weighted by Gasteiger charge is 2.21. The third kappa shape index (κ3) is 3.63. The predicted octanol–water partition coefficient (Wildman–Crippen LogP) is 11.3. The van der Waals surface area contributed by atoms with Crippen LogP contribution < -0.4 is 0 Å². The highest BCUT2D eigenvalue weighted by molar-refractivity contribution is 6.19. The van der Waals surface area contributed by atoms with Gasteiger partial charge in [0.25, 0.3) is 0 Å². The molecule has 0 aliphatic heterocycles. The maximum atomic E-state index is 9.61. The van der Waals surface area contributed by atoms with Crippen LogP contribution in [0.25, 0.3) is 88.1 Å². The number of nitriles is 1. The van der Waals surface area contributed by atoms with Gasteiger partial charge in [-0.15, -0.1) is 0 Å². The maximum Gasteiger partial charge on any atom is 0.135 e. The van der Waals surface area contributed by atoms with E-state index in [2.05, 4.69) is 143 Å².